The van der Waals surface area contributed by atoms with E-state index in [-0.39, 0.29) is 5.88 Å². The monoisotopic (exact) mass is 350 g/mol. The number of ether oxygens (including phenoxy) is 1. The highest BCUT2D eigenvalue weighted by molar-refractivity contribution is 8.35. The molecule has 3 heterocycles. The van der Waals surface area contributed by atoms with Gasteiger partial charge in [-0.15, -0.1) is 0 Å². The summed E-state index contributed by atoms with van der Waals surface area (Å²) in [6.45, 7) is 7.88. The lowest BCUT2D eigenvalue weighted by atomic mass is 9.96. The number of rotatable bonds is 5. The third-order valence-electron chi connectivity index (χ3n) is 3.33. The van der Waals surface area contributed by atoms with Crippen LogP contribution in [0.15, 0.2) is 65.2 Å². The number of aromatic nitrogens is 1. The molecule has 124 valence electrons. The molecule has 1 unspecified atom stereocenters. The minimum Gasteiger partial charge on any atom is -0.454 e. The predicted molar refractivity (Wildman–Crippen MR) is 102 cm³/mol. The minimum atomic E-state index is -0.578. The molecule has 2 aromatic heterocycles. The molecule has 1 aliphatic heterocycles. The van der Waals surface area contributed by atoms with E-state index in [1.54, 1.807) is 42.6 Å². The molecule has 2 aromatic rings. The summed E-state index contributed by atoms with van der Waals surface area (Å²) in [5.41, 5.74) is 0.674. The molecule has 0 saturated carbocycles. The molecular formula is C18H15BN2O3S. The van der Waals surface area contributed by atoms with Gasteiger partial charge in [-0.1, -0.05) is 37.5 Å². The Bertz CT molecular complexity index is 913. The van der Waals surface area contributed by atoms with Crippen LogP contribution in [0, 0.1) is 0 Å². The molecule has 0 bridgehead atoms. The van der Waals surface area contributed by atoms with E-state index >= 15 is 0 Å². The molecule has 0 radical (unpaired) electrons. The van der Waals surface area contributed by atoms with Crippen LogP contribution in [0.4, 0.5) is 0 Å². The molecule has 0 fully saturated rings. The molecule has 0 N–H and O–H groups in total. The van der Waals surface area contributed by atoms with E-state index in [2.05, 4.69) is 23.1 Å². The number of carbonyl (C=O) groups is 1. The van der Waals surface area contributed by atoms with Crippen molar-refractivity contribution in [1.82, 2.24) is 4.98 Å². The quantitative estimate of drug-likeness (QED) is 0.602. The van der Waals surface area contributed by atoms with Crippen LogP contribution in [0.25, 0.3) is 12.2 Å². The van der Waals surface area contributed by atoms with Crippen LogP contribution in [-0.4, -0.2) is 28.5 Å². The summed E-state index contributed by atoms with van der Waals surface area (Å²) in [6, 6.07) is 7.01. The summed E-state index contributed by atoms with van der Waals surface area (Å²) in [6.07, 6.45) is 8.52. The predicted octanol–water partition coefficient (Wildman–Crippen LogP) is 1.38. The largest absolute Gasteiger partial charge is 0.454 e. The van der Waals surface area contributed by atoms with Gasteiger partial charge >= 0.3 is 5.97 Å². The Kier molecular flexibility index (Phi) is 5.35. The molecule has 1 aliphatic rings. The van der Waals surface area contributed by atoms with Gasteiger partial charge in [0.05, 0.1) is 0 Å². The number of allylic oxidation sites excluding steroid dienone is 2. The zero-order chi connectivity index (χ0) is 17.6. The summed E-state index contributed by atoms with van der Waals surface area (Å²) in [7, 11) is 0. The third-order valence-corrected chi connectivity index (χ3v) is 4.40. The number of furan rings is 1. The molecular weight excluding hydrogens is 335 g/mol. The normalized spacial score (nSPS) is 17.8. The van der Waals surface area contributed by atoms with Gasteiger partial charge in [0.25, 0.3) is 0 Å². The first-order valence-corrected chi connectivity index (χ1v) is 8.59. The van der Waals surface area contributed by atoms with Crippen LogP contribution < -0.4 is 15.4 Å². The number of nitrogens with zero attached hydrogens (tertiary/aromatic N) is 2. The molecule has 1 atom stereocenters. The Morgan fingerprint density at radius 1 is 1.32 bits per heavy atom. The van der Waals surface area contributed by atoms with Gasteiger partial charge in [-0.2, -0.15) is 11.6 Å². The summed E-state index contributed by atoms with van der Waals surface area (Å²) < 4.78 is 11.1. The van der Waals surface area contributed by atoms with Crippen molar-refractivity contribution in [3.05, 3.63) is 72.2 Å². The number of pyridine rings is 1. The molecule has 3 rings (SSSR count). The van der Waals surface area contributed by atoms with Gasteiger partial charge in [-0.05, 0) is 18.2 Å². The third kappa shape index (κ3) is 4.00. The van der Waals surface area contributed by atoms with Gasteiger partial charge in [0.15, 0.2) is 5.76 Å². The van der Waals surface area contributed by atoms with E-state index in [9.17, 15) is 4.79 Å². The lowest BCUT2D eigenvalue weighted by Gasteiger charge is -2.04. The lowest BCUT2D eigenvalue weighted by Crippen LogP contribution is -2.26. The van der Waals surface area contributed by atoms with Crippen LogP contribution in [-0.2, 0) is 4.79 Å². The number of esters is 1. The molecule has 0 aliphatic carbocycles. The van der Waals surface area contributed by atoms with Gasteiger partial charge < -0.3 is 9.15 Å². The molecule has 5 nitrogen and oxygen atoms in total. The average Bonchev–Trinajstić information content (AvgIpc) is 3.24. The van der Waals surface area contributed by atoms with Crippen LogP contribution in [0.2, 0.25) is 0 Å². The Morgan fingerprint density at radius 3 is 2.88 bits per heavy atom. The fourth-order valence-electron chi connectivity index (χ4n) is 2.23. The van der Waals surface area contributed by atoms with E-state index in [0.717, 1.165) is 5.22 Å². The topological polar surface area (TPSA) is 64.7 Å². The van der Waals surface area contributed by atoms with Crippen LogP contribution in [0.1, 0.15) is 5.76 Å². The highest BCUT2D eigenvalue weighted by Crippen LogP contribution is 2.21. The van der Waals surface area contributed by atoms with Gasteiger partial charge in [0, 0.05) is 17.5 Å². The van der Waals surface area contributed by atoms with Crippen molar-refractivity contribution in [3.8, 4) is 5.88 Å². The van der Waals surface area contributed by atoms with Crippen molar-refractivity contribution in [3.63, 3.8) is 0 Å². The van der Waals surface area contributed by atoms with Crippen LogP contribution >= 0.6 is 11.6 Å². The Labute approximate surface area is 149 Å². The maximum Gasteiger partial charge on any atom is 0.330 e. The van der Waals surface area contributed by atoms with Gasteiger partial charge in [0.2, 0.25) is 12.4 Å². The summed E-state index contributed by atoms with van der Waals surface area (Å²) >= 11 is 1.46. The van der Waals surface area contributed by atoms with Crippen molar-refractivity contribution in [2.75, 3.05) is 0 Å². The highest BCUT2D eigenvalue weighted by atomic mass is 32.2. The summed E-state index contributed by atoms with van der Waals surface area (Å²) in [5.74, 6) is -0.126. The Morgan fingerprint density at radius 2 is 2.16 bits per heavy atom. The van der Waals surface area contributed by atoms with Gasteiger partial charge in [0.1, 0.15) is 16.4 Å². The minimum absolute atomic E-state index is 0.268. The summed E-state index contributed by atoms with van der Waals surface area (Å²) in [5, 5.41) is 1.55. The Hall–Kier alpha value is -2.80. The fourth-order valence-corrected chi connectivity index (χ4v) is 3.20. The molecule has 0 spiro atoms. The zero-order valence-corrected chi connectivity index (χ0v) is 14.2. The Balaban J connectivity index is 1.82. The van der Waals surface area contributed by atoms with E-state index in [1.165, 1.54) is 11.6 Å². The number of hydrogen-bond donors (Lipinski definition) is 0. The van der Waals surface area contributed by atoms with E-state index in [0.29, 0.717) is 22.8 Å². The zero-order valence-electron chi connectivity index (χ0n) is 13.4. The second kappa shape index (κ2) is 7.85. The van der Waals surface area contributed by atoms with E-state index in [1.807, 2.05) is 12.1 Å². The summed E-state index contributed by atoms with van der Waals surface area (Å²) in [4.78, 5) is 20.6. The first kappa shape index (κ1) is 17.0. The number of aliphatic imine (C=N–C) groups is 1. The lowest BCUT2D eigenvalue weighted by molar-refractivity contribution is -0.134. The standard InChI is InChI=1S/C18H15BN2O3S/c1-3-7-12-11-14(23-13(12)8-4-2)17-21-16(19-25-17)18(22)24-15-9-5-6-10-20-15/h3-11,16,19H,1-2H2/b12-7-,13-8+. The smallest absolute Gasteiger partial charge is 0.330 e. The maximum absolute atomic E-state index is 12.2. The maximum atomic E-state index is 12.2. The number of hydrogen-bond acceptors (Lipinski definition) is 6. The highest BCUT2D eigenvalue weighted by Gasteiger charge is 2.30. The molecule has 25 heavy (non-hydrogen) atoms. The fraction of sp³-hybridized carbons (Fsp3) is 0.0556. The van der Waals surface area contributed by atoms with Crippen molar-refractivity contribution in [1.29, 1.82) is 0 Å². The van der Waals surface area contributed by atoms with Crippen molar-refractivity contribution in [2.45, 2.75) is 5.94 Å². The molecule has 0 amide bonds. The molecule has 7 heteroatoms. The van der Waals surface area contributed by atoms with Crippen molar-refractivity contribution < 1.29 is 13.9 Å². The van der Waals surface area contributed by atoms with Gasteiger partial charge in [-0.3, -0.25) is 9.79 Å². The SMILES string of the molecule is C=C/C=c1/cc(C2=NC(C(=O)Oc3ccccn3)BS2)o/c1=C/C=C. The van der Waals surface area contributed by atoms with E-state index in [4.69, 9.17) is 9.15 Å². The second-order valence-corrected chi connectivity index (χ2v) is 6.09. The van der Waals surface area contributed by atoms with Crippen LogP contribution in [0.3, 0.4) is 0 Å². The van der Waals surface area contributed by atoms with Crippen molar-refractivity contribution >= 4 is 41.3 Å². The first-order chi connectivity index (χ1) is 12.2. The van der Waals surface area contributed by atoms with E-state index < -0.39 is 11.9 Å². The molecule has 0 saturated heterocycles. The second-order valence-electron chi connectivity index (χ2n) is 5.09. The average molecular weight is 350 g/mol. The first-order valence-electron chi connectivity index (χ1n) is 7.60. The van der Waals surface area contributed by atoms with Crippen molar-refractivity contribution in [2.24, 2.45) is 4.99 Å². The number of carbonyl (C=O) groups excluding carboxylic acids is 1. The van der Waals surface area contributed by atoms with Crippen LogP contribution in [0.5, 0.6) is 5.88 Å². The molecule has 0 aromatic carbocycles. The van der Waals surface area contributed by atoms with Gasteiger partial charge in [-0.25, -0.2) is 4.98 Å².